The molecule has 31 heavy (non-hydrogen) atoms. The van der Waals surface area contributed by atoms with E-state index in [2.05, 4.69) is 11.3 Å². The molecule has 0 aliphatic carbocycles. The second kappa shape index (κ2) is 13.1. The van der Waals surface area contributed by atoms with Crippen LogP contribution in [-0.2, 0) is 38.1 Å². The first-order valence-electron chi connectivity index (χ1n) is 10.3. The summed E-state index contributed by atoms with van der Waals surface area (Å²) in [4.78, 5) is 44.8. The normalized spacial score (nSPS) is 16.9. The third-order valence-corrected chi connectivity index (χ3v) is 5.00. The highest BCUT2D eigenvalue weighted by Crippen LogP contribution is 2.24. The molecule has 1 fully saturated rings. The van der Waals surface area contributed by atoms with Gasteiger partial charge in [0, 0.05) is 12.5 Å². The van der Waals surface area contributed by atoms with Crippen molar-refractivity contribution in [1.29, 1.82) is 0 Å². The maximum Gasteiger partial charge on any atom is 0.347 e. The summed E-state index contributed by atoms with van der Waals surface area (Å²) >= 11 is 0. The summed E-state index contributed by atoms with van der Waals surface area (Å²) in [5.41, 5.74) is -1.10. The van der Waals surface area contributed by atoms with E-state index in [0.717, 1.165) is 6.08 Å². The zero-order valence-corrected chi connectivity index (χ0v) is 19.4. The first-order valence-corrected chi connectivity index (χ1v) is 10.3. The van der Waals surface area contributed by atoms with E-state index in [-0.39, 0.29) is 25.2 Å². The molecule has 1 N–H and O–H groups in total. The second-order valence-electron chi connectivity index (χ2n) is 8.41. The number of hydrogen-bond acceptors (Lipinski definition) is 9. The van der Waals surface area contributed by atoms with Gasteiger partial charge in [-0.1, -0.05) is 20.4 Å². The summed E-state index contributed by atoms with van der Waals surface area (Å²) in [5, 5.41) is 9.39. The highest BCUT2D eigenvalue weighted by atomic mass is 16.6. The van der Waals surface area contributed by atoms with E-state index in [1.807, 2.05) is 13.8 Å². The van der Waals surface area contributed by atoms with E-state index in [1.165, 1.54) is 0 Å². The van der Waals surface area contributed by atoms with Crippen molar-refractivity contribution in [2.24, 2.45) is 10.8 Å². The van der Waals surface area contributed by atoms with Gasteiger partial charge < -0.3 is 24.1 Å². The molecule has 9 heteroatoms. The molecule has 0 spiro atoms. The summed E-state index contributed by atoms with van der Waals surface area (Å²) in [6.07, 6.45) is 1.11. The first kappa shape index (κ1) is 28.6. The molecule has 2 unspecified atom stereocenters. The Balaban J connectivity index is 0.000000590. The Hall–Kier alpha value is -2.42. The fraction of sp³-hybridized carbons (Fsp3) is 0.727. The zero-order chi connectivity index (χ0) is 24.2. The molecule has 1 heterocycles. The number of hydrogen-bond donors (Lipinski definition) is 1. The molecule has 0 aromatic heterocycles. The van der Waals surface area contributed by atoms with Gasteiger partial charge in [-0.05, 0) is 40.5 Å². The average molecular weight is 445 g/mol. The Morgan fingerprint density at radius 2 is 1.61 bits per heavy atom. The second-order valence-corrected chi connectivity index (χ2v) is 8.41. The molecule has 2 atom stereocenters. The lowest BCUT2D eigenvalue weighted by Crippen LogP contribution is -2.32. The van der Waals surface area contributed by atoms with Crippen LogP contribution in [0.3, 0.4) is 0 Å². The van der Waals surface area contributed by atoms with Crippen LogP contribution >= 0.6 is 0 Å². The fourth-order valence-corrected chi connectivity index (χ4v) is 1.81. The molecule has 1 saturated heterocycles. The molecule has 0 amide bonds. The molecule has 0 aromatic rings. The monoisotopic (exact) mass is 444 g/mol. The van der Waals surface area contributed by atoms with Gasteiger partial charge in [-0.15, -0.1) is 0 Å². The highest BCUT2D eigenvalue weighted by Gasteiger charge is 2.35. The Kier molecular flexibility index (Phi) is 12.1. The number of esters is 4. The molecular formula is C22H36O9. The van der Waals surface area contributed by atoms with Gasteiger partial charge in [0.25, 0.3) is 0 Å². The van der Waals surface area contributed by atoms with E-state index in [9.17, 15) is 24.3 Å². The molecule has 9 nitrogen and oxygen atoms in total. The van der Waals surface area contributed by atoms with Crippen molar-refractivity contribution in [1.82, 2.24) is 0 Å². The standard InChI is InChI=1S/C12H20O5.C10H16O4/c1-5-10(14)16-7-9(13)8-17-11(15)12(3,4)6-2;1-4-10(2,3)9(12)14-7-5-6-13-8(7)11/h5,9,13H,1,6-8H2,2-4H3;7H,4-6H2,1-3H3. The number of rotatable bonds is 10. The van der Waals surface area contributed by atoms with E-state index in [1.54, 1.807) is 27.7 Å². The smallest absolute Gasteiger partial charge is 0.347 e. The van der Waals surface area contributed by atoms with Crippen molar-refractivity contribution < 1.29 is 43.2 Å². The molecule has 0 aromatic carbocycles. The van der Waals surface area contributed by atoms with Crippen molar-refractivity contribution in [3.63, 3.8) is 0 Å². The maximum atomic E-state index is 11.6. The number of cyclic esters (lactones) is 1. The van der Waals surface area contributed by atoms with E-state index in [0.29, 0.717) is 25.9 Å². The summed E-state index contributed by atoms with van der Waals surface area (Å²) in [7, 11) is 0. The van der Waals surface area contributed by atoms with Gasteiger partial charge in [-0.25, -0.2) is 9.59 Å². The zero-order valence-electron chi connectivity index (χ0n) is 19.4. The largest absolute Gasteiger partial charge is 0.463 e. The van der Waals surface area contributed by atoms with Gasteiger partial charge in [-0.2, -0.15) is 0 Å². The first-order chi connectivity index (χ1) is 14.3. The summed E-state index contributed by atoms with van der Waals surface area (Å²) in [6.45, 7) is 14.1. The third kappa shape index (κ3) is 10.4. The van der Waals surface area contributed by atoms with Crippen molar-refractivity contribution in [2.75, 3.05) is 19.8 Å². The maximum absolute atomic E-state index is 11.6. The number of carbonyl (C=O) groups excluding carboxylic acids is 4. The fourth-order valence-electron chi connectivity index (χ4n) is 1.81. The SMILES string of the molecule is C=CC(=O)OCC(O)COC(=O)C(C)(C)CC.CCC(C)(C)C(=O)OC1CCOC1=O. The lowest BCUT2D eigenvalue weighted by molar-refractivity contribution is -0.167. The molecule has 0 bridgehead atoms. The van der Waals surface area contributed by atoms with Crippen LogP contribution in [0.2, 0.25) is 0 Å². The molecule has 0 radical (unpaired) electrons. The predicted octanol–water partition coefficient (Wildman–Crippen LogP) is 2.34. The molecule has 1 aliphatic rings. The van der Waals surface area contributed by atoms with Crippen molar-refractivity contribution in [3.8, 4) is 0 Å². The third-order valence-electron chi connectivity index (χ3n) is 5.00. The average Bonchev–Trinajstić information content (AvgIpc) is 3.14. The van der Waals surface area contributed by atoms with E-state index >= 15 is 0 Å². The lowest BCUT2D eigenvalue weighted by Gasteiger charge is -2.21. The number of aliphatic hydroxyl groups is 1. The van der Waals surface area contributed by atoms with Crippen molar-refractivity contribution >= 4 is 23.9 Å². The summed E-state index contributed by atoms with van der Waals surface area (Å²) < 4.78 is 19.3. The van der Waals surface area contributed by atoms with Crippen molar-refractivity contribution in [2.45, 2.75) is 73.0 Å². The van der Waals surface area contributed by atoms with Crippen LogP contribution in [-0.4, -0.2) is 61.0 Å². The van der Waals surface area contributed by atoms with Crippen LogP contribution in [0.25, 0.3) is 0 Å². The van der Waals surface area contributed by atoms with Gasteiger partial charge in [-0.3, -0.25) is 9.59 Å². The Labute approximate surface area is 184 Å². The van der Waals surface area contributed by atoms with Gasteiger partial charge in [0.15, 0.2) is 0 Å². The van der Waals surface area contributed by atoms with Gasteiger partial charge in [0.1, 0.15) is 19.3 Å². The summed E-state index contributed by atoms with van der Waals surface area (Å²) in [5.74, 6) is -1.76. The molecule has 0 saturated carbocycles. The van der Waals surface area contributed by atoms with Crippen LogP contribution < -0.4 is 0 Å². The minimum atomic E-state index is -1.02. The van der Waals surface area contributed by atoms with Crippen molar-refractivity contribution in [3.05, 3.63) is 12.7 Å². The van der Waals surface area contributed by atoms with Crippen LogP contribution in [0, 0.1) is 10.8 Å². The van der Waals surface area contributed by atoms with E-state index in [4.69, 9.17) is 14.2 Å². The molecule has 1 rings (SSSR count). The molecule has 1 aliphatic heterocycles. The van der Waals surface area contributed by atoms with E-state index < -0.39 is 35.0 Å². The number of aliphatic hydroxyl groups excluding tert-OH is 1. The number of carbonyl (C=O) groups is 4. The molecular weight excluding hydrogens is 408 g/mol. The van der Waals surface area contributed by atoms with Crippen LogP contribution in [0.15, 0.2) is 12.7 Å². The van der Waals surface area contributed by atoms with Crippen LogP contribution in [0.4, 0.5) is 0 Å². The van der Waals surface area contributed by atoms with Gasteiger partial charge in [0.05, 0.1) is 17.4 Å². The lowest BCUT2D eigenvalue weighted by atomic mass is 9.90. The minimum Gasteiger partial charge on any atom is -0.463 e. The van der Waals surface area contributed by atoms with Gasteiger partial charge in [0.2, 0.25) is 6.10 Å². The Morgan fingerprint density at radius 3 is 2.06 bits per heavy atom. The van der Waals surface area contributed by atoms with Crippen LogP contribution in [0.1, 0.15) is 60.8 Å². The highest BCUT2D eigenvalue weighted by molar-refractivity contribution is 5.82. The predicted molar refractivity (Wildman–Crippen MR) is 112 cm³/mol. The topological polar surface area (TPSA) is 125 Å². The Morgan fingerprint density at radius 1 is 1.10 bits per heavy atom. The Bertz CT molecular complexity index is 637. The number of ether oxygens (including phenoxy) is 4. The van der Waals surface area contributed by atoms with Crippen LogP contribution in [0.5, 0.6) is 0 Å². The quantitative estimate of drug-likeness (QED) is 0.307. The van der Waals surface area contributed by atoms with Gasteiger partial charge >= 0.3 is 23.9 Å². The molecule has 178 valence electrons. The minimum absolute atomic E-state index is 0.188. The summed E-state index contributed by atoms with van der Waals surface area (Å²) in [6, 6.07) is 0.